The van der Waals surface area contributed by atoms with E-state index in [4.69, 9.17) is 0 Å². The molecule has 0 bridgehead atoms. The van der Waals surface area contributed by atoms with E-state index in [9.17, 15) is 19.2 Å². The van der Waals surface area contributed by atoms with Crippen molar-refractivity contribution in [3.8, 4) is 6.07 Å². The third-order valence-electron chi connectivity index (χ3n) is 4.85. The summed E-state index contributed by atoms with van der Waals surface area (Å²) in [5.74, 6) is -0.651. The first-order chi connectivity index (χ1) is 12.9. The second-order valence-corrected chi connectivity index (χ2v) is 6.64. The number of carbonyl (C=O) groups is 2. The molecule has 1 aliphatic rings. The van der Waals surface area contributed by atoms with Gasteiger partial charge in [0, 0.05) is 37.3 Å². The van der Waals surface area contributed by atoms with Gasteiger partial charge in [0.05, 0.1) is 11.3 Å². The van der Waals surface area contributed by atoms with Gasteiger partial charge in [-0.25, -0.2) is 4.39 Å². The monoisotopic (exact) mass is 365 g/mol. The van der Waals surface area contributed by atoms with Gasteiger partial charge in [-0.2, -0.15) is 5.26 Å². The fraction of sp³-hybridized carbons (Fsp3) is 0.286. The Labute approximate surface area is 157 Å². The number of Topliss-reactive ketones (excluding diaryl/α,β-unsaturated/α-hetero) is 1. The van der Waals surface area contributed by atoms with Gasteiger partial charge in [0.2, 0.25) is 0 Å². The number of ketones is 1. The zero-order valence-corrected chi connectivity index (χ0v) is 15.3. The van der Waals surface area contributed by atoms with E-state index in [0.29, 0.717) is 54.1 Å². The molecule has 0 radical (unpaired) electrons. The molecule has 0 aliphatic carbocycles. The Bertz CT molecular complexity index is 941. The first-order valence-corrected chi connectivity index (χ1v) is 8.76. The van der Waals surface area contributed by atoms with E-state index in [0.717, 1.165) is 0 Å². The Kier molecular flexibility index (Phi) is 5.22. The van der Waals surface area contributed by atoms with Crippen molar-refractivity contribution in [2.75, 3.05) is 31.1 Å². The maximum Gasteiger partial charge on any atom is 0.254 e. The number of anilines is 1. The van der Waals surface area contributed by atoms with Gasteiger partial charge in [-0.05, 0) is 49.7 Å². The van der Waals surface area contributed by atoms with Crippen molar-refractivity contribution in [1.29, 1.82) is 5.26 Å². The molecule has 1 aliphatic heterocycles. The van der Waals surface area contributed by atoms with Gasteiger partial charge in [-0.15, -0.1) is 0 Å². The van der Waals surface area contributed by atoms with Crippen LogP contribution in [0.15, 0.2) is 36.4 Å². The molecule has 5 nitrogen and oxygen atoms in total. The summed E-state index contributed by atoms with van der Waals surface area (Å²) >= 11 is 0. The normalized spacial score (nSPS) is 14.0. The number of carbonyl (C=O) groups excluding carboxylic acids is 2. The SMILES string of the molecule is CC(=O)c1ccc(C#N)c(N2CCN(C(=O)c3ccc(C)c(F)c3)CC2)c1. The van der Waals surface area contributed by atoms with Crippen molar-refractivity contribution in [3.05, 3.63) is 64.5 Å². The van der Waals surface area contributed by atoms with E-state index >= 15 is 0 Å². The number of hydrogen-bond donors (Lipinski definition) is 0. The molecule has 2 aromatic carbocycles. The van der Waals surface area contributed by atoms with Gasteiger partial charge in [-0.1, -0.05) is 6.07 Å². The van der Waals surface area contributed by atoms with Gasteiger partial charge in [0.15, 0.2) is 5.78 Å². The molecule has 2 aromatic rings. The zero-order chi connectivity index (χ0) is 19.6. The summed E-state index contributed by atoms with van der Waals surface area (Å²) < 4.78 is 13.7. The van der Waals surface area contributed by atoms with Crippen molar-refractivity contribution in [2.45, 2.75) is 13.8 Å². The Morgan fingerprint density at radius 1 is 1.04 bits per heavy atom. The molecule has 0 saturated carbocycles. The zero-order valence-electron chi connectivity index (χ0n) is 15.3. The third kappa shape index (κ3) is 3.82. The van der Waals surface area contributed by atoms with E-state index < -0.39 is 0 Å². The smallest absolute Gasteiger partial charge is 0.254 e. The average Bonchev–Trinajstić information content (AvgIpc) is 2.69. The summed E-state index contributed by atoms with van der Waals surface area (Å²) in [6.45, 7) is 5.14. The first-order valence-electron chi connectivity index (χ1n) is 8.76. The Balaban J connectivity index is 1.74. The van der Waals surface area contributed by atoms with E-state index in [-0.39, 0.29) is 17.5 Å². The number of benzene rings is 2. The number of piperazine rings is 1. The molecule has 0 aromatic heterocycles. The van der Waals surface area contributed by atoms with Crippen LogP contribution < -0.4 is 4.90 Å². The minimum atomic E-state index is -0.390. The number of amides is 1. The number of aryl methyl sites for hydroxylation is 1. The fourth-order valence-electron chi connectivity index (χ4n) is 3.17. The fourth-order valence-corrected chi connectivity index (χ4v) is 3.17. The van der Waals surface area contributed by atoms with Gasteiger partial charge >= 0.3 is 0 Å². The number of rotatable bonds is 3. The van der Waals surface area contributed by atoms with Crippen LogP contribution in [-0.2, 0) is 0 Å². The lowest BCUT2D eigenvalue weighted by Crippen LogP contribution is -2.49. The molecule has 0 N–H and O–H groups in total. The van der Waals surface area contributed by atoms with Gasteiger partial charge in [0.25, 0.3) is 5.91 Å². The highest BCUT2D eigenvalue weighted by molar-refractivity contribution is 5.96. The summed E-state index contributed by atoms with van der Waals surface area (Å²) in [5.41, 5.74) is 2.60. The van der Waals surface area contributed by atoms with Crippen LogP contribution in [0, 0.1) is 24.1 Å². The molecule has 1 amide bonds. The third-order valence-corrected chi connectivity index (χ3v) is 4.85. The minimum absolute atomic E-state index is 0.0593. The molecule has 0 spiro atoms. The molecule has 1 heterocycles. The highest BCUT2D eigenvalue weighted by Gasteiger charge is 2.24. The molecule has 1 saturated heterocycles. The van der Waals surface area contributed by atoms with E-state index in [1.165, 1.54) is 13.0 Å². The van der Waals surface area contributed by atoms with E-state index in [1.807, 2.05) is 4.90 Å². The molecule has 0 unspecified atom stereocenters. The summed E-state index contributed by atoms with van der Waals surface area (Å²) in [6.07, 6.45) is 0. The predicted octanol–water partition coefficient (Wildman–Crippen LogP) is 3.17. The predicted molar refractivity (Wildman–Crippen MR) is 100 cm³/mol. The van der Waals surface area contributed by atoms with Crippen LogP contribution in [0.25, 0.3) is 0 Å². The van der Waals surface area contributed by atoms with Crippen molar-refractivity contribution >= 4 is 17.4 Å². The van der Waals surface area contributed by atoms with Crippen LogP contribution in [0.3, 0.4) is 0 Å². The number of nitriles is 1. The Hall–Kier alpha value is -3.20. The van der Waals surface area contributed by atoms with Gasteiger partial charge < -0.3 is 9.80 Å². The van der Waals surface area contributed by atoms with Crippen LogP contribution >= 0.6 is 0 Å². The van der Waals surface area contributed by atoms with Crippen molar-refractivity contribution in [1.82, 2.24) is 4.90 Å². The quantitative estimate of drug-likeness (QED) is 0.784. The lowest BCUT2D eigenvalue weighted by molar-refractivity contribution is 0.0746. The second-order valence-electron chi connectivity index (χ2n) is 6.64. The topological polar surface area (TPSA) is 64.4 Å². The molecular weight excluding hydrogens is 345 g/mol. The summed E-state index contributed by atoms with van der Waals surface area (Å²) in [5, 5.41) is 9.35. The standard InChI is InChI=1S/C21H20FN3O2/c1-14-3-4-17(11-19(14)22)21(27)25-9-7-24(8-10-25)20-12-16(15(2)26)5-6-18(20)13-23/h3-6,11-12H,7-10H2,1-2H3. The molecule has 27 heavy (non-hydrogen) atoms. The Morgan fingerprint density at radius 2 is 1.70 bits per heavy atom. The van der Waals surface area contributed by atoms with Crippen molar-refractivity contribution < 1.29 is 14.0 Å². The number of nitrogens with zero attached hydrogens (tertiary/aromatic N) is 3. The maximum atomic E-state index is 13.7. The molecule has 0 atom stereocenters. The number of halogens is 1. The summed E-state index contributed by atoms with van der Waals surface area (Å²) in [4.78, 5) is 27.9. The molecule has 138 valence electrons. The largest absolute Gasteiger partial charge is 0.367 e. The lowest BCUT2D eigenvalue weighted by Gasteiger charge is -2.36. The van der Waals surface area contributed by atoms with Crippen molar-refractivity contribution in [2.24, 2.45) is 0 Å². The lowest BCUT2D eigenvalue weighted by atomic mass is 10.1. The van der Waals surface area contributed by atoms with Crippen LogP contribution in [-0.4, -0.2) is 42.8 Å². The van der Waals surface area contributed by atoms with Gasteiger partial charge in [0.1, 0.15) is 11.9 Å². The molecular formula is C21H20FN3O2. The first kappa shape index (κ1) is 18.6. The highest BCUT2D eigenvalue weighted by atomic mass is 19.1. The van der Waals surface area contributed by atoms with Crippen LogP contribution in [0.4, 0.5) is 10.1 Å². The maximum absolute atomic E-state index is 13.7. The Morgan fingerprint density at radius 3 is 2.30 bits per heavy atom. The van der Waals surface area contributed by atoms with E-state index in [1.54, 1.807) is 42.2 Å². The molecule has 6 heteroatoms. The minimum Gasteiger partial charge on any atom is -0.367 e. The average molecular weight is 365 g/mol. The van der Waals surface area contributed by atoms with Gasteiger partial charge in [-0.3, -0.25) is 9.59 Å². The summed E-state index contributed by atoms with van der Waals surface area (Å²) in [6, 6.07) is 11.7. The molecule has 1 fully saturated rings. The second kappa shape index (κ2) is 7.58. The van der Waals surface area contributed by atoms with Crippen molar-refractivity contribution in [3.63, 3.8) is 0 Å². The van der Waals surface area contributed by atoms with Crippen LogP contribution in [0.5, 0.6) is 0 Å². The number of hydrogen-bond acceptors (Lipinski definition) is 4. The van der Waals surface area contributed by atoms with Crippen LogP contribution in [0.2, 0.25) is 0 Å². The van der Waals surface area contributed by atoms with E-state index in [2.05, 4.69) is 6.07 Å². The highest BCUT2D eigenvalue weighted by Crippen LogP contribution is 2.24. The van der Waals surface area contributed by atoms with Crippen LogP contribution in [0.1, 0.15) is 38.8 Å². The molecule has 3 rings (SSSR count). The summed E-state index contributed by atoms with van der Waals surface area (Å²) in [7, 11) is 0.